The van der Waals surface area contributed by atoms with Crippen LogP contribution in [0, 0.1) is 6.07 Å². The Bertz CT molecular complexity index is 281. The molecule has 1 nitrogen and oxygen atoms in total. The van der Waals surface area contributed by atoms with Crippen LogP contribution in [0.15, 0.2) is 36.7 Å². The van der Waals surface area contributed by atoms with Crippen molar-refractivity contribution in [3.05, 3.63) is 42.7 Å². The Hall–Kier alpha value is -0.773. The van der Waals surface area contributed by atoms with E-state index in [1.807, 2.05) is 30.5 Å². The van der Waals surface area contributed by atoms with E-state index in [9.17, 15) is 0 Å². The summed E-state index contributed by atoms with van der Waals surface area (Å²) >= 11 is 0. The topological polar surface area (TPSA) is 12.9 Å². The zero-order valence-electron chi connectivity index (χ0n) is 6.41. The van der Waals surface area contributed by atoms with Gasteiger partial charge in [-0.3, -0.25) is 4.98 Å². The molecule has 0 radical (unpaired) electrons. The summed E-state index contributed by atoms with van der Waals surface area (Å²) in [5, 5.41) is 2.27. The molecule has 0 amide bonds. The maximum Gasteiger partial charge on any atom is 1.00 e. The van der Waals surface area contributed by atoms with Crippen molar-refractivity contribution in [2.75, 3.05) is 0 Å². The summed E-state index contributed by atoms with van der Waals surface area (Å²) in [6.45, 7) is 0. The molecule has 0 saturated heterocycles. The smallest absolute Gasteiger partial charge is 0.284 e. The van der Waals surface area contributed by atoms with Gasteiger partial charge in [0.1, 0.15) is 0 Å². The van der Waals surface area contributed by atoms with E-state index in [1.54, 1.807) is 6.20 Å². The average molecular weight is 135 g/mol. The zero-order valence-corrected chi connectivity index (χ0v) is 6.41. The van der Waals surface area contributed by atoms with E-state index in [4.69, 9.17) is 0 Å². The minimum absolute atomic E-state index is 0. The van der Waals surface area contributed by atoms with Gasteiger partial charge in [-0.2, -0.15) is 0 Å². The third-order valence-corrected chi connectivity index (χ3v) is 1.46. The molecule has 0 aliphatic carbocycles. The number of hydrogen-bond donors (Lipinski definition) is 0. The Morgan fingerprint density at radius 1 is 1.27 bits per heavy atom. The van der Waals surface area contributed by atoms with Crippen LogP contribution in [0.1, 0.15) is 0 Å². The van der Waals surface area contributed by atoms with Gasteiger partial charge in [0.15, 0.2) is 0 Å². The Kier molecular flexibility index (Phi) is 2.70. The Balaban J connectivity index is 0.000000605. The van der Waals surface area contributed by atoms with Gasteiger partial charge in [-0.25, -0.2) is 0 Å². The van der Waals surface area contributed by atoms with E-state index in [2.05, 4.69) is 11.1 Å². The van der Waals surface area contributed by atoms with Gasteiger partial charge in [-0.1, -0.05) is 5.39 Å². The van der Waals surface area contributed by atoms with Crippen LogP contribution < -0.4 is 18.9 Å². The van der Waals surface area contributed by atoms with Crippen molar-refractivity contribution in [2.24, 2.45) is 0 Å². The van der Waals surface area contributed by atoms with E-state index >= 15 is 0 Å². The predicted octanol–water partition coefficient (Wildman–Crippen LogP) is -0.961. The molecule has 0 saturated carbocycles. The molecule has 2 rings (SSSR count). The monoisotopic (exact) mass is 135 g/mol. The molecule has 0 spiro atoms. The molecule has 0 atom stereocenters. The van der Waals surface area contributed by atoms with Crippen molar-refractivity contribution in [2.45, 2.75) is 0 Å². The Morgan fingerprint density at radius 2 is 2.18 bits per heavy atom. The fourth-order valence-corrected chi connectivity index (χ4v) is 0.961. The normalized spacial score (nSPS) is 9.09. The van der Waals surface area contributed by atoms with Gasteiger partial charge in [0, 0.05) is 0 Å². The van der Waals surface area contributed by atoms with E-state index in [1.165, 1.54) is 0 Å². The van der Waals surface area contributed by atoms with Gasteiger partial charge in [0.05, 0.1) is 0 Å². The maximum absolute atomic E-state index is 3.99. The third-order valence-electron chi connectivity index (χ3n) is 1.46. The second-order valence-electron chi connectivity index (χ2n) is 2.13. The fourth-order valence-electron chi connectivity index (χ4n) is 0.961. The molecule has 0 unspecified atom stereocenters. The molecule has 0 aliphatic rings. The molecule has 0 fully saturated rings. The molecule has 48 valence electrons. The summed E-state index contributed by atoms with van der Waals surface area (Å²) in [6, 6.07) is 11.0. The minimum atomic E-state index is 0. The van der Waals surface area contributed by atoms with Crippen molar-refractivity contribution in [1.29, 1.82) is 0 Å². The molecule has 0 bridgehead atoms. The zero-order chi connectivity index (χ0) is 6.81. The summed E-state index contributed by atoms with van der Waals surface area (Å²) < 4.78 is 0. The van der Waals surface area contributed by atoms with Crippen LogP contribution >= 0.6 is 0 Å². The molecule has 0 N–H and O–H groups in total. The first-order chi connectivity index (χ1) is 4.97. The molecule has 2 heteroatoms. The summed E-state index contributed by atoms with van der Waals surface area (Å²) in [6.07, 6.45) is 3.62. The maximum atomic E-state index is 3.99. The first-order valence-electron chi connectivity index (χ1n) is 3.17. The van der Waals surface area contributed by atoms with Crippen LogP contribution in [0.5, 0.6) is 0 Å². The fraction of sp³-hybridized carbons (Fsp3) is 0. The van der Waals surface area contributed by atoms with Crippen LogP contribution in [-0.2, 0) is 0 Å². The number of pyridine rings is 1. The van der Waals surface area contributed by atoms with Crippen molar-refractivity contribution in [3.63, 3.8) is 0 Å². The van der Waals surface area contributed by atoms with Crippen molar-refractivity contribution in [3.8, 4) is 0 Å². The third kappa shape index (κ3) is 1.62. The number of aromatic nitrogens is 1. The van der Waals surface area contributed by atoms with Gasteiger partial charge < -0.3 is 0 Å². The van der Waals surface area contributed by atoms with E-state index < -0.39 is 0 Å². The molecular formula is C9H6LiN. The van der Waals surface area contributed by atoms with Gasteiger partial charge in [-0.05, 0) is 12.4 Å². The summed E-state index contributed by atoms with van der Waals surface area (Å²) in [7, 11) is 0. The van der Waals surface area contributed by atoms with Gasteiger partial charge in [-0.15, -0.1) is 35.7 Å². The molecule has 2 aromatic rings. The quantitative estimate of drug-likeness (QED) is 0.335. The first-order valence-corrected chi connectivity index (χ1v) is 3.17. The van der Waals surface area contributed by atoms with Crippen LogP contribution in [0.2, 0.25) is 0 Å². The van der Waals surface area contributed by atoms with E-state index in [0.717, 1.165) is 10.8 Å². The molecule has 0 aliphatic heterocycles. The number of benzene rings is 1. The largest absolute Gasteiger partial charge is 1.00 e. The van der Waals surface area contributed by atoms with E-state index in [0.29, 0.717) is 0 Å². The summed E-state index contributed by atoms with van der Waals surface area (Å²) in [5.41, 5.74) is 0. The number of rotatable bonds is 0. The molecule has 1 heterocycles. The molecule has 1 aromatic carbocycles. The molecule has 1 aromatic heterocycles. The number of nitrogens with zero attached hydrogens (tertiary/aromatic N) is 1. The van der Waals surface area contributed by atoms with Crippen molar-refractivity contribution in [1.82, 2.24) is 4.98 Å². The van der Waals surface area contributed by atoms with Crippen LogP contribution in [-0.4, -0.2) is 4.98 Å². The minimum Gasteiger partial charge on any atom is -0.284 e. The molecular weight excluding hydrogens is 129 g/mol. The number of hydrogen-bond acceptors (Lipinski definition) is 1. The average Bonchev–Trinajstić information content (AvgIpc) is 2.05. The van der Waals surface area contributed by atoms with Crippen LogP contribution in [0.25, 0.3) is 10.8 Å². The van der Waals surface area contributed by atoms with Crippen LogP contribution in [0.4, 0.5) is 0 Å². The molecule has 11 heavy (non-hydrogen) atoms. The van der Waals surface area contributed by atoms with Gasteiger partial charge in [0.2, 0.25) is 0 Å². The second kappa shape index (κ2) is 3.57. The second-order valence-corrected chi connectivity index (χ2v) is 2.13. The van der Waals surface area contributed by atoms with Crippen molar-refractivity contribution < 1.29 is 18.9 Å². The SMILES string of the molecule is [Li+].[c-]1cccc2cnccc12. The standard InChI is InChI=1S/C9H6N.Li/c1-2-4-9-7-10-6-5-8(9)3-1;/h1-2,4-7H;/q-1;+1. The predicted molar refractivity (Wildman–Crippen MR) is 40.6 cm³/mol. The number of fused-ring (bicyclic) bond motifs is 1. The van der Waals surface area contributed by atoms with Crippen molar-refractivity contribution >= 4 is 10.8 Å². The van der Waals surface area contributed by atoms with Gasteiger partial charge >= 0.3 is 18.9 Å². The first kappa shape index (κ1) is 8.33. The summed E-state index contributed by atoms with van der Waals surface area (Å²) in [5.74, 6) is 0. The van der Waals surface area contributed by atoms with E-state index in [-0.39, 0.29) is 18.9 Å². The van der Waals surface area contributed by atoms with Gasteiger partial charge in [0.25, 0.3) is 0 Å². The summed E-state index contributed by atoms with van der Waals surface area (Å²) in [4.78, 5) is 3.99. The Morgan fingerprint density at radius 3 is 3.00 bits per heavy atom. The Labute approximate surface area is 77.6 Å². The van der Waals surface area contributed by atoms with Crippen LogP contribution in [0.3, 0.4) is 0 Å².